The lowest BCUT2D eigenvalue weighted by atomic mass is 10.1. The molecule has 0 radical (unpaired) electrons. The van der Waals surface area contributed by atoms with Crippen molar-refractivity contribution in [1.29, 1.82) is 0 Å². The summed E-state index contributed by atoms with van der Waals surface area (Å²) in [5.41, 5.74) is 0.965. The fourth-order valence-electron chi connectivity index (χ4n) is 1.77. The monoisotopic (exact) mass is 304 g/mol. The molecule has 1 aromatic carbocycles. The average molecular weight is 304 g/mol. The maximum absolute atomic E-state index is 12.4. The van der Waals surface area contributed by atoms with Gasteiger partial charge in [-0.25, -0.2) is 0 Å². The van der Waals surface area contributed by atoms with E-state index in [0.29, 0.717) is 4.90 Å². The topological polar surface area (TPSA) is 52.6 Å². The molecule has 1 rings (SSSR count). The highest BCUT2D eigenvalue weighted by Crippen LogP contribution is 2.18. The zero-order valence-corrected chi connectivity index (χ0v) is 11.8. The van der Waals surface area contributed by atoms with Crippen LogP contribution in [0.15, 0.2) is 24.3 Å². The molecule has 0 unspecified atom stereocenters. The molecule has 4 nitrogen and oxygen atoms in total. The van der Waals surface area contributed by atoms with E-state index in [2.05, 4.69) is 5.32 Å². The summed E-state index contributed by atoms with van der Waals surface area (Å²) in [6.45, 7) is 0.543. The maximum Gasteiger partial charge on any atom is 0.406 e. The van der Waals surface area contributed by atoms with Crippen LogP contribution in [0, 0.1) is 0 Å². The van der Waals surface area contributed by atoms with Gasteiger partial charge in [-0.15, -0.1) is 0 Å². The van der Waals surface area contributed by atoms with E-state index in [9.17, 15) is 18.0 Å². The van der Waals surface area contributed by atoms with Crippen LogP contribution < -0.4 is 5.32 Å². The third kappa shape index (κ3) is 6.03. The fourth-order valence-corrected chi connectivity index (χ4v) is 1.77. The molecule has 0 bridgehead atoms. The number of nitrogens with one attached hydrogen (secondary N) is 1. The highest BCUT2D eigenvalue weighted by Gasteiger charge is 2.33. The Kier molecular flexibility index (Phi) is 6.48. The summed E-state index contributed by atoms with van der Waals surface area (Å²) in [6, 6.07) is 6.24. The first kappa shape index (κ1) is 17.3. The van der Waals surface area contributed by atoms with E-state index in [-0.39, 0.29) is 12.1 Å². The summed E-state index contributed by atoms with van der Waals surface area (Å²) < 4.78 is 37.3. The number of amides is 1. The number of aliphatic hydroxyl groups is 1. The Morgan fingerprint density at radius 1 is 1.29 bits per heavy atom. The fraction of sp³-hybridized carbons (Fsp3) is 0.500. The van der Waals surface area contributed by atoms with Crippen molar-refractivity contribution < 1.29 is 23.1 Å². The van der Waals surface area contributed by atoms with Crippen LogP contribution in [-0.2, 0) is 0 Å². The molecule has 0 aliphatic rings. The van der Waals surface area contributed by atoms with Gasteiger partial charge in [-0.1, -0.05) is 6.92 Å². The number of aliphatic hydroxyl groups excluding tert-OH is 1. The minimum absolute atomic E-state index is 0.162. The molecule has 1 amide bonds. The summed E-state index contributed by atoms with van der Waals surface area (Å²) in [4.78, 5) is 12.6. The molecule has 0 heterocycles. The predicted molar refractivity (Wildman–Crippen MR) is 74.3 cm³/mol. The second-order valence-corrected chi connectivity index (χ2v) is 4.57. The molecular formula is C14H19F3N2O2. The molecular weight excluding hydrogens is 285 g/mol. The minimum atomic E-state index is -4.49. The van der Waals surface area contributed by atoms with E-state index in [4.69, 9.17) is 5.11 Å². The molecule has 1 aromatic rings. The number of benzene rings is 1. The van der Waals surface area contributed by atoms with Gasteiger partial charge in [-0.05, 0) is 30.7 Å². The first-order chi connectivity index (χ1) is 9.87. The summed E-state index contributed by atoms with van der Waals surface area (Å²) in [6.07, 6.45) is -3.55. The Morgan fingerprint density at radius 2 is 1.90 bits per heavy atom. The predicted octanol–water partition coefficient (Wildman–Crippen LogP) is 2.51. The Hall–Kier alpha value is -1.76. The Bertz CT molecular complexity index is 447. The van der Waals surface area contributed by atoms with Crippen LogP contribution in [0.5, 0.6) is 0 Å². The van der Waals surface area contributed by atoms with Crippen LogP contribution >= 0.6 is 0 Å². The number of alkyl halides is 3. The molecule has 0 fully saturated rings. The molecule has 0 aromatic heterocycles. The largest absolute Gasteiger partial charge is 0.406 e. The highest BCUT2D eigenvalue weighted by molar-refractivity contribution is 5.94. The van der Waals surface area contributed by atoms with Gasteiger partial charge in [-0.2, -0.15) is 13.2 Å². The van der Waals surface area contributed by atoms with Crippen molar-refractivity contribution in [2.75, 3.05) is 31.6 Å². The van der Waals surface area contributed by atoms with Crippen LogP contribution in [0.2, 0.25) is 0 Å². The number of hydrogen-bond donors (Lipinski definition) is 2. The molecule has 7 heteroatoms. The molecule has 118 valence electrons. The molecule has 2 N–H and O–H groups in total. The van der Waals surface area contributed by atoms with E-state index < -0.39 is 25.2 Å². The van der Waals surface area contributed by atoms with Gasteiger partial charge >= 0.3 is 6.18 Å². The first-order valence-electron chi connectivity index (χ1n) is 6.68. The van der Waals surface area contributed by atoms with Gasteiger partial charge in [0.25, 0.3) is 5.91 Å². The quantitative estimate of drug-likeness (QED) is 0.814. The van der Waals surface area contributed by atoms with Crippen molar-refractivity contribution in [2.24, 2.45) is 0 Å². The van der Waals surface area contributed by atoms with Crippen molar-refractivity contribution in [1.82, 2.24) is 4.90 Å². The number of nitrogens with zero attached hydrogens (tertiary/aromatic N) is 1. The van der Waals surface area contributed by atoms with Crippen molar-refractivity contribution >= 4 is 11.6 Å². The summed E-state index contributed by atoms with van der Waals surface area (Å²) in [7, 11) is 0. The van der Waals surface area contributed by atoms with Gasteiger partial charge in [0.1, 0.15) is 6.54 Å². The van der Waals surface area contributed by atoms with E-state index in [1.807, 2.05) is 6.92 Å². The van der Waals surface area contributed by atoms with Gasteiger partial charge in [-0.3, -0.25) is 4.79 Å². The van der Waals surface area contributed by atoms with Gasteiger partial charge in [0, 0.05) is 24.3 Å². The van der Waals surface area contributed by atoms with Gasteiger partial charge in [0.15, 0.2) is 0 Å². The van der Waals surface area contributed by atoms with Crippen molar-refractivity contribution in [3.63, 3.8) is 0 Å². The number of hydrogen-bond acceptors (Lipinski definition) is 3. The van der Waals surface area contributed by atoms with E-state index in [1.54, 1.807) is 12.1 Å². The number of rotatable bonds is 7. The number of halogens is 3. The van der Waals surface area contributed by atoms with Crippen LogP contribution in [0.4, 0.5) is 18.9 Å². The molecule has 0 atom stereocenters. The SMILES string of the molecule is CCCNc1ccc(C(=O)N(CCO)CC(F)(F)F)cc1. The number of carbonyl (C=O) groups excluding carboxylic acids is 1. The minimum Gasteiger partial charge on any atom is -0.395 e. The average Bonchev–Trinajstić information content (AvgIpc) is 2.43. The van der Waals surface area contributed by atoms with Gasteiger partial charge in [0.05, 0.1) is 6.61 Å². The van der Waals surface area contributed by atoms with Gasteiger partial charge in [0.2, 0.25) is 0 Å². The lowest BCUT2D eigenvalue weighted by Crippen LogP contribution is -2.40. The normalized spacial score (nSPS) is 11.3. The number of carbonyl (C=O) groups is 1. The second-order valence-electron chi connectivity index (χ2n) is 4.57. The lowest BCUT2D eigenvalue weighted by Gasteiger charge is -2.23. The Labute approximate surface area is 121 Å². The standard InChI is InChI=1S/C14H19F3N2O2/c1-2-7-18-12-5-3-11(4-6-12)13(21)19(8-9-20)10-14(15,16)17/h3-6,18,20H,2,7-10H2,1H3. The van der Waals surface area contributed by atoms with Crippen LogP contribution in [0.25, 0.3) is 0 Å². The van der Waals surface area contributed by atoms with E-state index >= 15 is 0 Å². The second kappa shape index (κ2) is 7.87. The highest BCUT2D eigenvalue weighted by atomic mass is 19.4. The van der Waals surface area contributed by atoms with Crippen LogP contribution in [0.1, 0.15) is 23.7 Å². The third-order valence-corrected chi connectivity index (χ3v) is 2.74. The van der Waals surface area contributed by atoms with E-state index in [0.717, 1.165) is 18.7 Å². The maximum atomic E-state index is 12.4. The smallest absolute Gasteiger partial charge is 0.395 e. The Morgan fingerprint density at radius 3 is 2.38 bits per heavy atom. The summed E-state index contributed by atoms with van der Waals surface area (Å²) in [5, 5.41) is 11.9. The van der Waals surface area contributed by atoms with Crippen LogP contribution in [-0.4, -0.2) is 48.3 Å². The van der Waals surface area contributed by atoms with Crippen molar-refractivity contribution in [3.05, 3.63) is 29.8 Å². The zero-order valence-electron chi connectivity index (χ0n) is 11.8. The number of anilines is 1. The van der Waals surface area contributed by atoms with Crippen molar-refractivity contribution in [3.8, 4) is 0 Å². The summed E-state index contributed by atoms with van der Waals surface area (Å²) in [5.74, 6) is -0.747. The third-order valence-electron chi connectivity index (χ3n) is 2.74. The first-order valence-corrected chi connectivity index (χ1v) is 6.68. The van der Waals surface area contributed by atoms with Crippen molar-refractivity contribution in [2.45, 2.75) is 19.5 Å². The molecule has 0 saturated carbocycles. The zero-order chi connectivity index (χ0) is 15.9. The van der Waals surface area contributed by atoms with Gasteiger partial charge < -0.3 is 15.3 Å². The molecule has 0 saturated heterocycles. The molecule has 0 aliphatic carbocycles. The van der Waals surface area contributed by atoms with E-state index in [1.165, 1.54) is 12.1 Å². The molecule has 0 spiro atoms. The Balaban J connectivity index is 2.78. The molecule has 0 aliphatic heterocycles. The lowest BCUT2D eigenvalue weighted by molar-refractivity contribution is -0.141. The molecule has 21 heavy (non-hydrogen) atoms. The van der Waals surface area contributed by atoms with Crippen LogP contribution in [0.3, 0.4) is 0 Å². The summed E-state index contributed by atoms with van der Waals surface area (Å²) >= 11 is 0.